The molecule has 0 amide bonds. The van der Waals surface area contributed by atoms with E-state index in [9.17, 15) is 0 Å². The SMILES string of the molecule is CC1(C)c2ccccc2-c2ccc(-c3ccc4c(c3)c3ccccc3c3c(-c5ccccc5)cc(-c5ccccc5)c(-c5ccc(N(c6ccccc6)c6ccccc6)cc5)c43)cc21. The summed E-state index contributed by atoms with van der Waals surface area (Å²) in [5, 5.41) is 7.55. The van der Waals surface area contributed by atoms with E-state index in [1.54, 1.807) is 0 Å². The largest absolute Gasteiger partial charge is 0.311 e. The molecule has 0 aromatic heterocycles. The van der Waals surface area contributed by atoms with Gasteiger partial charge in [0, 0.05) is 22.5 Å². The van der Waals surface area contributed by atoms with Crippen molar-refractivity contribution in [1.82, 2.24) is 0 Å². The van der Waals surface area contributed by atoms with Crippen LogP contribution in [0.4, 0.5) is 17.1 Å². The van der Waals surface area contributed by atoms with Crippen molar-refractivity contribution in [2.24, 2.45) is 0 Å². The molecule has 64 heavy (non-hydrogen) atoms. The molecule has 0 radical (unpaired) electrons. The number of fused-ring (bicyclic) bond motifs is 9. The van der Waals surface area contributed by atoms with Gasteiger partial charge >= 0.3 is 0 Å². The first kappa shape index (κ1) is 37.7. The van der Waals surface area contributed by atoms with Crippen molar-refractivity contribution in [3.05, 3.63) is 248 Å². The summed E-state index contributed by atoms with van der Waals surface area (Å²) in [7, 11) is 0. The summed E-state index contributed by atoms with van der Waals surface area (Å²) in [6.07, 6.45) is 0. The van der Waals surface area contributed by atoms with Crippen molar-refractivity contribution in [2.75, 3.05) is 4.90 Å². The maximum Gasteiger partial charge on any atom is 0.0462 e. The number of nitrogens with zero attached hydrogens (tertiary/aromatic N) is 1. The highest BCUT2D eigenvalue weighted by atomic mass is 15.1. The van der Waals surface area contributed by atoms with E-state index in [0.717, 1.165) is 17.1 Å². The predicted octanol–water partition coefficient (Wildman–Crippen LogP) is 17.6. The third-order valence-corrected chi connectivity index (χ3v) is 13.6. The van der Waals surface area contributed by atoms with Gasteiger partial charge in [-0.1, -0.05) is 196 Å². The summed E-state index contributed by atoms with van der Waals surface area (Å²) in [5.74, 6) is 0. The van der Waals surface area contributed by atoms with Gasteiger partial charge in [-0.15, -0.1) is 0 Å². The molecule has 0 aliphatic heterocycles. The maximum atomic E-state index is 2.45. The lowest BCUT2D eigenvalue weighted by atomic mass is 9.80. The molecule has 0 unspecified atom stereocenters. The Kier molecular flexibility index (Phi) is 8.91. The Labute approximate surface area is 375 Å². The molecule has 0 heterocycles. The Hall–Kier alpha value is -8.00. The van der Waals surface area contributed by atoms with E-state index < -0.39 is 0 Å². The number of rotatable bonds is 7. The lowest BCUT2D eigenvalue weighted by molar-refractivity contribution is 0.660. The van der Waals surface area contributed by atoms with Crippen molar-refractivity contribution in [3.63, 3.8) is 0 Å². The van der Waals surface area contributed by atoms with Crippen molar-refractivity contribution < 1.29 is 0 Å². The van der Waals surface area contributed by atoms with E-state index in [0.29, 0.717) is 0 Å². The molecule has 1 nitrogen and oxygen atoms in total. The van der Waals surface area contributed by atoms with Gasteiger partial charge in [-0.3, -0.25) is 0 Å². The van der Waals surface area contributed by atoms with E-state index in [1.165, 1.54) is 99.1 Å². The fourth-order valence-electron chi connectivity index (χ4n) is 10.6. The third kappa shape index (κ3) is 6.08. The summed E-state index contributed by atoms with van der Waals surface area (Å²) in [4.78, 5) is 2.34. The number of anilines is 3. The fraction of sp³-hybridized carbons (Fsp3) is 0.0476. The van der Waals surface area contributed by atoms with E-state index in [4.69, 9.17) is 0 Å². The number of para-hydroxylation sites is 2. The minimum atomic E-state index is -0.0764. The normalized spacial score (nSPS) is 12.7. The number of hydrogen-bond donors (Lipinski definition) is 0. The van der Waals surface area contributed by atoms with E-state index in [2.05, 4.69) is 255 Å². The maximum absolute atomic E-state index is 2.45. The molecular weight excluding hydrogens is 771 g/mol. The van der Waals surface area contributed by atoms with Gasteiger partial charge in [-0.2, -0.15) is 0 Å². The second-order valence-corrected chi connectivity index (χ2v) is 17.6. The van der Waals surface area contributed by atoms with Crippen LogP contribution in [0.1, 0.15) is 25.0 Å². The molecule has 1 aliphatic carbocycles. The summed E-state index contributed by atoms with van der Waals surface area (Å²) < 4.78 is 0. The van der Waals surface area contributed by atoms with Crippen LogP contribution in [0.2, 0.25) is 0 Å². The lowest BCUT2D eigenvalue weighted by Crippen LogP contribution is -2.14. The first-order chi connectivity index (χ1) is 31.5. The van der Waals surface area contributed by atoms with Crippen LogP contribution in [0.25, 0.3) is 88.0 Å². The Morgan fingerprint density at radius 2 is 0.766 bits per heavy atom. The molecule has 0 N–H and O–H groups in total. The van der Waals surface area contributed by atoms with E-state index in [-0.39, 0.29) is 5.41 Å². The number of benzene rings is 11. The standard InChI is InChI=1S/C63H45N/c1-63(2)58-30-18-17-28-51(58)52-37-33-46(40-59(52)63)45-34-38-54-57(39-45)50-27-15-16-29-53(50)61-56(43-21-9-4-10-22-43)41-55(42-19-7-3-8-20-42)60(62(54)61)44-31-35-49(36-32-44)64(47-23-11-5-12-24-47)48-25-13-6-14-26-48/h3-41H,1-2H3. The van der Waals surface area contributed by atoms with Crippen LogP contribution < -0.4 is 4.90 Å². The Morgan fingerprint density at radius 1 is 0.281 bits per heavy atom. The Balaban J connectivity index is 1.14. The quantitative estimate of drug-likeness (QED) is 0.145. The summed E-state index contributed by atoms with van der Waals surface area (Å²) in [5.41, 5.74) is 18.5. The molecule has 0 saturated heterocycles. The average Bonchev–Trinajstić information content (AvgIpc) is 3.60. The van der Waals surface area contributed by atoms with Gasteiger partial charge in [0.25, 0.3) is 0 Å². The van der Waals surface area contributed by atoms with Crippen molar-refractivity contribution in [2.45, 2.75) is 19.3 Å². The molecule has 302 valence electrons. The molecule has 0 atom stereocenters. The fourth-order valence-corrected chi connectivity index (χ4v) is 10.6. The van der Waals surface area contributed by atoms with E-state index in [1.807, 2.05) is 0 Å². The Bertz CT molecular complexity index is 3500. The molecule has 0 bridgehead atoms. The molecule has 1 aliphatic rings. The van der Waals surface area contributed by atoms with Crippen LogP contribution in [0, 0.1) is 0 Å². The highest BCUT2D eigenvalue weighted by Gasteiger charge is 2.35. The van der Waals surface area contributed by atoms with Gasteiger partial charge in [0.05, 0.1) is 0 Å². The zero-order chi connectivity index (χ0) is 42.8. The van der Waals surface area contributed by atoms with Crippen LogP contribution >= 0.6 is 0 Å². The molecular formula is C63H45N. The monoisotopic (exact) mass is 815 g/mol. The average molecular weight is 816 g/mol. The van der Waals surface area contributed by atoms with Gasteiger partial charge < -0.3 is 4.90 Å². The molecule has 0 saturated carbocycles. The minimum absolute atomic E-state index is 0.0764. The van der Waals surface area contributed by atoms with Crippen molar-refractivity contribution in [3.8, 4) is 55.6 Å². The zero-order valence-electron chi connectivity index (χ0n) is 36.0. The minimum Gasteiger partial charge on any atom is -0.311 e. The molecule has 0 spiro atoms. The molecule has 12 rings (SSSR count). The van der Waals surface area contributed by atoms with Crippen LogP contribution in [0.5, 0.6) is 0 Å². The van der Waals surface area contributed by atoms with Gasteiger partial charge in [0.15, 0.2) is 0 Å². The Morgan fingerprint density at radius 3 is 1.44 bits per heavy atom. The van der Waals surface area contributed by atoms with Gasteiger partial charge in [0.2, 0.25) is 0 Å². The summed E-state index contributed by atoms with van der Waals surface area (Å²) in [6, 6.07) is 87.2. The lowest BCUT2D eigenvalue weighted by Gasteiger charge is -2.26. The van der Waals surface area contributed by atoms with E-state index >= 15 is 0 Å². The number of hydrogen-bond acceptors (Lipinski definition) is 1. The molecule has 11 aromatic carbocycles. The first-order valence-corrected chi connectivity index (χ1v) is 22.3. The third-order valence-electron chi connectivity index (χ3n) is 13.6. The van der Waals surface area contributed by atoms with Crippen LogP contribution in [0.3, 0.4) is 0 Å². The second-order valence-electron chi connectivity index (χ2n) is 17.6. The zero-order valence-corrected chi connectivity index (χ0v) is 36.0. The van der Waals surface area contributed by atoms with Crippen molar-refractivity contribution in [1.29, 1.82) is 0 Å². The molecule has 1 heteroatoms. The molecule has 11 aromatic rings. The van der Waals surface area contributed by atoms with Crippen LogP contribution in [-0.2, 0) is 5.41 Å². The highest BCUT2D eigenvalue weighted by Crippen LogP contribution is 2.52. The van der Waals surface area contributed by atoms with Crippen LogP contribution in [-0.4, -0.2) is 0 Å². The summed E-state index contributed by atoms with van der Waals surface area (Å²) in [6.45, 7) is 4.73. The van der Waals surface area contributed by atoms with Gasteiger partial charge in [-0.05, 0) is 154 Å². The smallest absolute Gasteiger partial charge is 0.0462 e. The van der Waals surface area contributed by atoms with Gasteiger partial charge in [-0.25, -0.2) is 0 Å². The second kappa shape index (κ2) is 15.1. The topological polar surface area (TPSA) is 3.24 Å². The molecule has 0 fully saturated rings. The van der Waals surface area contributed by atoms with Crippen molar-refractivity contribution >= 4 is 49.4 Å². The van der Waals surface area contributed by atoms with Gasteiger partial charge in [0.1, 0.15) is 0 Å². The first-order valence-electron chi connectivity index (χ1n) is 22.3. The summed E-state index contributed by atoms with van der Waals surface area (Å²) >= 11 is 0. The highest BCUT2D eigenvalue weighted by molar-refractivity contribution is 6.33. The predicted molar refractivity (Wildman–Crippen MR) is 273 cm³/mol. The van der Waals surface area contributed by atoms with Crippen LogP contribution in [0.15, 0.2) is 237 Å².